The van der Waals surface area contributed by atoms with E-state index in [2.05, 4.69) is 31.1 Å². The van der Waals surface area contributed by atoms with E-state index in [9.17, 15) is 4.79 Å². The summed E-state index contributed by atoms with van der Waals surface area (Å²) in [6, 6.07) is 0.276. The van der Waals surface area contributed by atoms with Gasteiger partial charge in [-0.25, -0.2) is 4.98 Å². The Hall–Kier alpha value is -0.650. The van der Waals surface area contributed by atoms with E-state index < -0.39 is 0 Å². The van der Waals surface area contributed by atoms with Crippen molar-refractivity contribution in [1.29, 1.82) is 0 Å². The molecule has 0 saturated heterocycles. The van der Waals surface area contributed by atoms with Crippen molar-refractivity contribution < 1.29 is 4.79 Å². The maximum absolute atomic E-state index is 12.4. The van der Waals surface area contributed by atoms with Crippen LogP contribution in [-0.2, 0) is 6.42 Å². The third-order valence-corrected chi connectivity index (χ3v) is 7.15. The zero-order chi connectivity index (χ0) is 15.3. The number of fused-ring (bicyclic) bond motifs is 2. The fourth-order valence-electron chi connectivity index (χ4n) is 4.31. The largest absolute Gasteiger partial charge is 0.347 e. The van der Waals surface area contributed by atoms with Crippen molar-refractivity contribution in [2.45, 2.75) is 52.5 Å². The van der Waals surface area contributed by atoms with Crippen LogP contribution in [0.1, 0.15) is 55.5 Å². The maximum Gasteiger partial charge on any atom is 0.270 e. The first-order chi connectivity index (χ1) is 9.88. The summed E-state index contributed by atoms with van der Waals surface area (Å²) >= 11 is 1.52. The Labute approximate surface area is 142 Å². The number of hydrogen-bond acceptors (Lipinski definition) is 4. The molecule has 1 amide bonds. The molecule has 2 saturated carbocycles. The van der Waals surface area contributed by atoms with E-state index in [0.29, 0.717) is 17.7 Å². The number of carbonyl (C=O) groups excluding carboxylic acids is 1. The van der Waals surface area contributed by atoms with Gasteiger partial charge in [0.2, 0.25) is 0 Å². The van der Waals surface area contributed by atoms with Crippen LogP contribution in [0.3, 0.4) is 0 Å². The van der Waals surface area contributed by atoms with Crippen LogP contribution in [0.15, 0.2) is 5.38 Å². The highest BCUT2D eigenvalue weighted by atomic mass is 35.5. The Morgan fingerprint density at radius 1 is 1.50 bits per heavy atom. The third-order valence-electron chi connectivity index (χ3n) is 6.24. The molecule has 22 heavy (non-hydrogen) atoms. The van der Waals surface area contributed by atoms with E-state index in [-0.39, 0.29) is 29.8 Å². The van der Waals surface area contributed by atoms with Crippen LogP contribution < -0.4 is 11.1 Å². The third kappa shape index (κ3) is 2.57. The number of nitrogens with two attached hydrogens (primary N) is 1. The first kappa shape index (κ1) is 17.7. The Bertz CT molecular complexity index is 559. The highest BCUT2D eigenvalue weighted by Gasteiger charge is 2.61. The van der Waals surface area contributed by atoms with Crippen LogP contribution in [-0.4, -0.2) is 23.5 Å². The molecule has 0 spiro atoms. The molecule has 3 N–H and O–H groups in total. The Morgan fingerprint density at radius 2 is 2.23 bits per heavy atom. The van der Waals surface area contributed by atoms with Gasteiger partial charge in [-0.1, -0.05) is 20.8 Å². The molecule has 0 aliphatic heterocycles. The number of amides is 1. The van der Waals surface area contributed by atoms with Gasteiger partial charge in [-0.05, 0) is 42.6 Å². The summed E-state index contributed by atoms with van der Waals surface area (Å²) in [5.74, 6) is 0.708. The highest BCUT2D eigenvalue weighted by Crippen LogP contribution is 2.65. The maximum atomic E-state index is 12.4. The van der Waals surface area contributed by atoms with Gasteiger partial charge in [-0.15, -0.1) is 23.7 Å². The van der Waals surface area contributed by atoms with Gasteiger partial charge in [0.25, 0.3) is 5.91 Å². The first-order valence-corrected chi connectivity index (χ1v) is 8.72. The predicted octanol–water partition coefficient (Wildman–Crippen LogP) is 3.01. The zero-order valence-electron chi connectivity index (χ0n) is 13.5. The van der Waals surface area contributed by atoms with Gasteiger partial charge in [0.15, 0.2) is 0 Å². The first-order valence-electron chi connectivity index (χ1n) is 7.84. The number of nitrogens with zero attached hydrogens (tertiary/aromatic N) is 1. The molecule has 2 aliphatic rings. The monoisotopic (exact) mass is 343 g/mol. The summed E-state index contributed by atoms with van der Waals surface area (Å²) in [6.07, 6.45) is 4.36. The quantitative estimate of drug-likeness (QED) is 0.883. The van der Waals surface area contributed by atoms with Crippen LogP contribution >= 0.6 is 23.7 Å². The molecule has 0 aromatic carbocycles. The van der Waals surface area contributed by atoms with Gasteiger partial charge >= 0.3 is 0 Å². The number of rotatable bonds is 4. The lowest BCUT2D eigenvalue weighted by Gasteiger charge is -2.39. The summed E-state index contributed by atoms with van der Waals surface area (Å²) in [5, 5.41) is 6.05. The second-order valence-corrected chi connectivity index (χ2v) is 8.24. The van der Waals surface area contributed by atoms with Crippen LogP contribution in [0.2, 0.25) is 0 Å². The second-order valence-electron chi connectivity index (χ2n) is 7.30. The molecule has 1 heterocycles. The molecule has 3 atom stereocenters. The van der Waals surface area contributed by atoms with Crippen molar-refractivity contribution in [2.24, 2.45) is 22.5 Å². The summed E-state index contributed by atoms with van der Waals surface area (Å²) in [7, 11) is 0. The lowest BCUT2D eigenvalue weighted by atomic mass is 9.69. The lowest BCUT2D eigenvalue weighted by Crippen LogP contribution is -2.46. The molecular weight excluding hydrogens is 318 g/mol. The van der Waals surface area contributed by atoms with Gasteiger partial charge in [-0.3, -0.25) is 4.79 Å². The lowest BCUT2D eigenvalue weighted by molar-refractivity contribution is 0.0822. The van der Waals surface area contributed by atoms with E-state index in [1.54, 1.807) is 0 Å². The Morgan fingerprint density at radius 3 is 2.77 bits per heavy atom. The highest BCUT2D eigenvalue weighted by molar-refractivity contribution is 7.09. The molecular formula is C16H26ClN3OS. The van der Waals surface area contributed by atoms with Crippen LogP contribution in [0, 0.1) is 16.7 Å². The van der Waals surface area contributed by atoms with Gasteiger partial charge in [0, 0.05) is 17.8 Å². The molecule has 6 heteroatoms. The van der Waals surface area contributed by atoms with E-state index in [1.165, 1.54) is 24.2 Å². The summed E-state index contributed by atoms with van der Waals surface area (Å²) in [6.45, 7) is 7.63. The van der Waals surface area contributed by atoms with Gasteiger partial charge < -0.3 is 11.1 Å². The normalized spacial score (nSPS) is 31.8. The molecule has 2 fully saturated rings. The van der Waals surface area contributed by atoms with Gasteiger partial charge in [0.1, 0.15) is 5.69 Å². The van der Waals surface area contributed by atoms with Gasteiger partial charge in [0.05, 0.1) is 5.01 Å². The molecule has 124 valence electrons. The predicted molar refractivity (Wildman–Crippen MR) is 92.6 cm³/mol. The van der Waals surface area contributed by atoms with Crippen molar-refractivity contribution in [3.8, 4) is 0 Å². The number of hydrogen-bond donors (Lipinski definition) is 2. The summed E-state index contributed by atoms with van der Waals surface area (Å²) in [4.78, 5) is 16.8. The van der Waals surface area contributed by atoms with Crippen LogP contribution in [0.25, 0.3) is 0 Å². The average Bonchev–Trinajstić information content (AvgIpc) is 3.02. The number of carbonyl (C=O) groups is 1. The molecule has 3 unspecified atom stereocenters. The fourth-order valence-corrected chi connectivity index (χ4v) is 5.10. The van der Waals surface area contributed by atoms with Crippen molar-refractivity contribution in [3.05, 3.63) is 16.1 Å². The minimum atomic E-state index is -0.0240. The molecule has 0 radical (unpaired) electrons. The number of nitrogens with one attached hydrogen (secondary N) is 1. The Balaban J connectivity index is 0.00000176. The summed E-state index contributed by atoms with van der Waals surface area (Å²) < 4.78 is 0. The molecule has 3 rings (SSSR count). The smallest absolute Gasteiger partial charge is 0.270 e. The molecule has 4 nitrogen and oxygen atoms in total. The van der Waals surface area contributed by atoms with Crippen molar-refractivity contribution in [3.63, 3.8) is 0 Å². The standard InChI is InChI=1S/C16H25N3OS.ClH/c1-15(2)10-4-6-16(15,3)12(8-10)19-14(20)11-9-21-13(18-11)5-7-17;/h9-10,12H,4-8,17H2,1-3H3,(H,19,20);1H. The number of thiazole rings is 1. The van der Waals surface area contributed by atoms with Crippen LogP contribution in [0.5, 0.6) is 0 Å². The van der Waals surface area contributed by atoms with Crippen LogP contribution in [0.4, 0.5) is 0 Å². The Kier molecular flexibility index (Phi) is 4.91. The minimum Gasteiger partial charge on any atom is -0.347 e. The number of halogens is 1. The average molecular weight is 344 g/mol. The minimum absolute atomic E-state index is 0. The second kappa shape index (κ2) is 6.10. The fraction of sp³-hybridized carbons (Fsp3) is 0.750. The zero-order valence-corrected chi connectivity index (χ0v) is 15.1. The van der Waals surface area contributed by atoms with Crippen molar-refractivity contribution in [1.82, 2.24) is 10.3 Å². The molecule has 2 aliphatic carbocycles. The topological polar surface area (TPSA) is 68.0 Å². The van der Waals surface area contributed by atoms with E-state index >= 15 is 0 Å². The summed E-state index contributed by atoms with van der Waals surface area (Å²) in [5.41, 5.74) is 6.61. The molecule has 2 bridgehead atoms. The number of aromatic nitrogens is 1. The molecule has 1 aromatic heterocycles. The van der Waals surface area contributed by atoms with E-state index in [1.807, 2.05) is 5.38 Å². The SMILES string of the molecule is CC1(C)C2CCC1(C)C(NC(=O)c1csc(CCN)n1)C2.Cl. The molecule has 1 aromatic rings. The van der Waals surface area contributed by atoms with Crippen molar-refractivity contribution in [2.75, 3.05) is 6.54 Å². The van der Waals surface area contributed by atoms with E-state index in [0.717, 1.165) is 23.8 Å². The van der Waals surface area contributed by atoms with E-state index in [4.69, 9.17) is 5.73 Å². The van der Waals surface area contributed by atoms with Gasteiger partial charge in [-0.2, -0.15) is 0 Å². The van der Waals surface area contributed by atoms with Crippen molar-refractivity contribution >= 4 is 29.7 Å².